The number of aryl methyl sites for hydroxylation is 1. The molecule has 0 spiro atoms. The van der Waals surface area contributed by atoms with Crippen molar-refractivity contribution in [1.29, 1.82) is 0 Å². The number of benzene rings is 3. The molecular formula is C23H21FN4O3S. The number of hydrogen-bond acceptors (Lipinski definition) is 4. The lowest BCUT2D eigenvalue weighted by Gasteiger charge is -2.10. The zero-order chi connectivity index (χ0) is 22.7. The van der Waals surface area contributed by atoms with Crippen LogP contribution in [0.15, 0.2) is 77.7 Å². The molecule has 0 unspecified atom stereocenters. The van der Waals surface area contributed by atoms with Crippen molar-refractivity contribution in [2.75, 3.05) is 4.72 Å². The number of anilines is 1. The summed E-state index contributed by atoms with van der Waals surface area (Å²) in [5.41, 5.74) is 2.01. The predicted molar refractivity (Wildman–Crippen MR) is 120 cm³/mol. The fourth-order valence-electron chi connectivity index (χ4n) is 3.41. The summed E-state index contributed by atoms with van der Waals surface area (Å²) in [6, 6.07) is 18.7. The molecule has 0 bridgehead atoms. The van der Waals surface area contributed by atoms with Crippen LogP contribution in [0.4, 0.5) is 10.1 Å². The Balaban J connectivity index is 1.46. The molecule has 1 heterocycles. The predicted octanol–water partition coefficient (Wildman–Crippen LogP) is 3.93. The van der Waals surface area contributed by atoms with Gasteiger partial charge in [0.1, 0.15) is 11.6 Å². The maximum atomic E-state index is 13.8. The number of para-hydroxylation sites is 3. The van der Waals surface area contributed by atoms with E-state index in [1.54, 1.807) is 0 Å². The van der Waals surface area contributed by atoms with Gasteiger partial charge in [-0.05, 0) is 55.5 Å². The quantitative estimate of drug-likeness (QED) is 0.444. The van der Waals surface area contributed by atoms with Crippen LogP contribution < -0.4 is 10.0 Å². The number of nitrogens with zero attached hydrogens (tertiary/aromatic N) is 2. The number of nitrogens with one attached hydrogen (secondary N) is 2. The van der Waals surface area contributed by atoms with Crippen LogP contribution in [-0.4, -0.2) is 23.9 Å². The highest BCUT2D eigenvalue weighted by Crippen LogP contribution is 2.19. The number of imidazole rings is 1. The van der Waals surface area contributed by atoms with E-state index >= 15 is 0 Å². The van der Waals surface area contributed by atoms with E-state index in [4.69, 9.17) is 0 Å². The summed E-state index contributed by atoms with van der Waals surface area (Å²) in [6.07, 6.45) is 0. The summed E-state index contributed by atoms with van der Waals surface area (Å²) in [5, 5.41) is 2.82. The lowest BCUT2D eigenvalue weighted by molar-refractivity contribution is 0.0949. The van der Waals surface area contributed by atoms with E-state index in [0.717, 1.165) is 22.9 Å². The number of carbonyl (C=O) groups excluding carboxylic acids is 1. The molecule has 0 saturated heterocycles. The molecule has 0 atom stereocenters. The van der Waals surface area contributed by atoms with Crippen LogP contribution >= 0.6 is 0 Å². The van der Waals surface area contributed by atoms with Crippen LogP contribution in [0.1, 0.15) is 23.1 Å². The summed E-state index contributed by atoms with van der Waals surface area (Å²) >= 11 is 0. The normalized spacial score (nSPS) is 11.4. The van der Waals surface area contributed by atoms with Gasteiger partial charge in [-0.3, -0.25) is 9.52 Å². The first kappa shape index (κ1) is 21.5. The van der Waals surface area contributed by atoms with Gasteiger partial charge in [-0.25, -0.2) is 17.8 Å². The average molecular weight is 453 g/mol. The third kappa shape index (κ3) is 4.33. The highest BCUT2D eigenvalue weighted by molar-refractivity contribution is 7.92. The van der Waals surface area contributed by atoms with Crippen molar-refractivity contribution in [2.45, 2.75) is 24.9 Å². The molecule has 0 radical (unpaired) electrons. The number of carbonyl (C=O) groups is 1. The molecule has 2 N–H and O–H groups in total. The van der Waals surface area contributed by atoms with Gasteiger partial charge in [0.2, 0.25) is 0 Å². The zero-order valence-corrected chi connectivity index (χ0v) is 18.1. The largest absolute Gasteiger partial charge is 0.345 e. The molecule has 1 amide bonds. The monoisotopic (exact) mass is 452 g/mol. The Bertz CT molecular complexity index is 1380. The number of rotatable bonds is 7. The van der Waals surface area contributed by atoms with Crippen molar-refractivity contribution < 1.29 is 17.6 Å². The first-order valence-electron chi connectivity index (χ1n) is 9.99. The van der Waals surface area contributed by atoms with Crippen molar-refractivity contribution in [3.63, 3.8) is 0 Å². The van der Waals surface area contributed by atoms with Gasteiger partial charge in [-0.2, -0.15) is 0 Å². The minimum Gasteiger partial charge on any atom is -0.345 e. The van der Waals surface area contributed by atoms with Gasteiger partial charge in [-0.15, -0.1) is 0 Å². The zero-order valence-electron chi connectivity index (χ0n) is 17.2. The summed E-state index contributed by atoms with van der Waals surface area (Å²) in [4.78, 5) is 17.1. The van der Waals surface area contributed by atoms with Gasteiger partial charge in [-0.1, -0.05) is 24.3 Å². The Kier molecular flexibility index (Phi) is 5.91. The molecule has 0 aliphatic carbocycles. The number of halogens is 1. The number of fused-ring (bicyclic) bond motifs is 1. The van der Waals surface area contributed by atoms with Crippen molar-refractivity contribution in [3.8, 4) is 0 Å². The molecule has 1 aromatic heterocycles. The molecule has 0 fully saturated rings. The maximum absolute atomic E-state index is 13.8. The molecular weight excluding hydrogens is 431 g/mol. The summed E-state index contributed by atoms with van der Waals surface area (Å²) < 4.78 is 43.0. The smallest absolute Gasteiger partial charge is 0.261 e. The fraction of sp³-hybridized carbons (Fsp3) is 0.130. The van der Waals surface area contributed by atoms with E-state index in [1.165, 1.54) is 42.5 Å². The SMILES string of the molecule is CCn1c(CNC(=O)c2ccc(S(=O)(=O)Nc3ccccc3F)cc2)nc2ccccc21. The van der Waals surface area contributed by atoms with Crippen molar-refractivity contribution in [2.24, 2.45) is 0 Å². The highest BCUT2D eigenvalue weighted by Gasteiger charge is 2.17. The van der Waals surface area contributed by atoms with Gasteiger partial charge >= 0.3 is 0 Å². The summed E-state index contributed by atoms with van der Waals surface area (Å²) in [5.74, 6) is -0.300. The highest BCUT2D eigenvalue weighted by atomic mass is 32.2. The van der Waals surface area contributed by atoms with Crippen LogP contribution in [0.5, 0.6) is 0 Å². The van der Waals surface area contributed by atoms with Crippen molar-refractivity contribution >= 4 is 32.7 Å². The van der Waals surface area contributed by atoms with Gasteiger partial charge < -0.3 is 9.88 Å². The molecule has 4 aromatic rings. The molecule has 3 aromatic carbocycles. The Labute approximate surface area is 185 Å². The number of amides is 1. The van der Waals surface area contributed by atoms with Crippen LogP contribution in [0, 0.1) is 5.82 Å². The van der Waals surface area contributed by atoms with E-state index < -0.39 is 15.8 Å². The molecule has 0 aliphatic rings. The maximum Gasteiger partial charge on any atom is 0.261 e. The minimum absolute atomic E-state index is 0.0786. The molecule has 164 valence electrons. The lowest BCUT2D eigenvalue weighted by Crippen LogP contribution is -2.24. The van der Waals surface area contributed by atoms with Gasteiger partial charge in [0, 0.05) is 12.1 Å². The average Bonchev–Trinajstić information content (AvgIpc) is 3.16. The van der Waals surface area contributed by atoms with Crippen molar-refractivity contribution in [3.05, 3.63) is 90.0 Å². The Morgan fingerprint density at radius 3 is 2.41 bits per heavy atom. The molecule has 0 saturated carbocycles. The fourth-order valence-corrected chi connectivity index (χ4v) is 4.48. The number of hydrogen-bond donors (Lipinski definition) is 2. The van der Waals surface area contributed by atoms with E-state index in [9.17, 15) is 17.6 Å². The van der Waals surface area contributed by atoms with Gasteiger partial charge in [0.15, 0.2) is 0 Å². The molecule has 9 heteroatoms. The van der Waals surface area contributed by atoms with E-state index in [-0.39, 0.29) is 23.0 Å². The van der Waals surface area contributed by atoms with Crippen LogP contribution in [0.25, 0.3) is 11.0 Å². The summed E-state index contributed by atoms with van der Waals surface area (Å²) in [7, 11) is -3.99. The minimum atomic E-state index is -3.99. The molecule has 7 nitrogen and oxygen atoms in total. The Morgan fingerprint density at radius 2 is 1.69 bits per heavy atom. The Hall–Kier alpha value is -3.72. The lowest BCUT2D eigenvalue weighted by atomic mass is 10.2. The van der Waals surface area contributed by atoms with Crippen LogP contribution in [0.3, 0.4) is 0 Å². The second kappa shape index (κ2) is 8.80. The molecule has 32 heavy (non-hydrogen) atoms. The standard InChI is InChI=1S/C23H21FN4O3S/c1-2-28-21-10-6-5-9-20(21)26-22(28)15-25-23(29)16-11-13-17(14-12-16)32(30,31)27-19-8-4-3-7-18(19)24/h3-14,27H,2,15H2,1H3,(H,25,29). The second-order valence-electron chi connectivity index (χ2n) is 7.05. The topological polar surface area (TPSA) is 93.1 Å². The van der Waals surface area contributed by atoms with E-state index in [2.05, 4.69) is 15.0 Å². The third-order valence-electron chi connectivity index (χ3n) is 5.00. The first-order chi connectivity index (χ1) is 15.4. The van der Waals surface area contributed by atoms with Gasteiger partial charge in [0.25, 0.3) is 15.9 Å². The first-order valence-corrected chi connectivity index (χ1v) is 11.5. The number of aromatic nitrogens is 2. The number of sulfonamides is 1. The van der Waals surface area contributed by atoms with E-state index in [1.807, 2.05) is 35.8 Å². The van der Waals surface area contributed by atoms with Crippen LogP contribution in [-0.2, 0) is 23.1 Å². The summed E-state index contributed by atoms with van der Waals surface area (Å²) in [6.45, 7) is 2.96. The molecule has 0 aliphatic heterocycles. The van der Waals surface area contributed by atoms with Gasteiger partial charge in [0.05, 0.1) is 28.2 Å². The second-order valence-corrected chi connectivity index (χ2v) is 8.74. The van der Waals surface area contributed by atoms with Crippen LogP contribution in [0.2, 0.25) is 0 Å². The third-order valence-corrected chi connectivity index (χ3v) is 6.38. The van der Waals surface area contributed by atoms with E-state index in [0.29, 0.717) is 12.1 Å². The Morgan fingerprint density at radius 1 is 1.00 bits per heavy atom. The van der Waals surface area contributed by atoms with Crippen molar-refractivity contribution in [1.82, 2.24) is 14.9 Å². The molecule has 4 rings (SSSR count).